The first-order chi connectivity index (χ1) is 9.83. The van der Waals surface area contributed by atoms with Crippen molar-refractivity contribution in [3.8, 4) is 0 Å². The number of anilines is 1. The van der Waals surface area contributed by atoms with Crippen molar-refractivity contribution in [3.05, 3.63) is 65.7 Å². The van der Waals surface area contributed by atoms with E-state index in [4.69, 9.17) is 23.2 Å². The van der Waals surface area contributed by atoms with Gasteiger partial charge in [0.15, 0.2) is 0 Å². The molecule has 0 heterocycles. The Morgan fingerprint density at radius 1 is 0.700 bits per heavy atom. The number of hydrogen-bond acceptors (Lipinski definition) is 1. The predicted molar refractivity (Wildman–Crippen MR) is 89.3 cm³/mol. The molecule has 0 spiro atoms. The van der Waals surface area contributed by atoms with Crippen LogP contribution < -0.4 is 4.90 Å². The van der Waals surface area contributed by atoms with Gasteiger partial charge in [0.25, 0.3) is 0 Å². The highest BCUT2D eigenvalue weighted by Gasteiger charge is 2.05. The van der Waals surface area contributed by atoms with Crippen LogP contribution in [0.4, 0.5) is 5.69 Å². The minimum atomic E-state index is 0.614. The van der Waals surface area contributed by atoms with Crippen molar-refractivity contribution in [2.75, 3.05) is 29.7 Å². The van der Waals surface area contributed by atoms with Gasteiger partial charge in [0.1, 0.15) is 0 Å². The summed E-state index contributed by atoms with van der Waals surface area (Å²) in [5.41, 5.74) is 3.83. The van der Waals surface area contributed by atoms with E-state index in [-0.39, 0.29) is 0 Å². The monoisotopic (exact) mass is 307 g/mol. The van der Waals surface area contributed by atoms with Gasteiger partial charge in [-0.15, -0.1) is 23.2 Å². The summed E-state index contributed by atoms with van der Waals surface area (Å²) in [6.45, 7) is 1.65. The van der Waals surface area contributed by atoms with E-state index in [2.05, 4.69) is 53.4 Å². The van der Waals surface area contributed by atoms with Gasteiger partial charge < -0.3 is 4.90 Å². The number of hydrogen-bond donors (Lipinski definition) is 0. The summed E-state index contributed by atoms with van der Waals surface area (Å²) in [5.74, 6) is 1.23. The quantitative estimate of drug-likeness (QED) is 0.678. The summed E-state index contributed by atoms with van der Waals surface area (Å²) in [7, 11) is 0. The Morgan fingerprint density at radius 3 is 1.80 bits per heavy atom. The van der Waals surface area contributed by atoms with Crippen LogP contribution in [-0.2, 0) is 6.42 Å². The molecule has 0 aliphatic carbocycles. The fraction of sp³-hybridized carbons (Fsp3) is 0.294. The number of rotatable bonds is 7. The molecule has 0 atom stereocenters. The lowest BCUT2D eigenvalue weighted by molar-refractivity contribution is 0.873. The highest BCUT2D eigenvalue weighted by Crippen LogP contribution is 2.17. The van der Waals surface area contributed by atoms with Crippen molar-refractivity contribution in [2.45, 2.75) is 6.42 Å². The Hall–Kier alpha value is -1.18. The summed E-state index contributed by atoms with van der Waals surface area (Å²) in [6, 6.07) is 19.2. The Balaban J connectivity index is 2.05. The molecule has 0 saturated carbocycles. The average molecular weight is 308 g/mol. The molecule has 0 aromatic heterocycles. The Kier molecular flexibility index (Phi) is 6.23. The minimum Gasteiger partial charge on any atom is -0.369 e. The average Bonchev–Trinajstić information content (AvgIpc) is 2.49. The SMILES string of the molecule is ClCCN(CCCl)c1ccc(Cc2ccccc2)cc1. The van der Waals surface area contributed by atoms with Crippen molar-refractivity contribution in [1.82, 2.24) is 0 Å². The smallest absolute Gasteiger partial charge is 0.0399 e. The lowest BCUT2D eigenvalue weighted by Crippen LogP contribution is -2.27. The van der Waals surface area contributed by atoms with Gasteiger partial charge in [0, 0.05) is 30.5 Å². The molecule has 0 bridgehead atoms. The molecule has 2 aromatic carbocycles. The molecule has 2 rings (SSSR count). The fourth-order valence-electron chi connectivity index (χ4n) is 2.23. The minimum absolute atomic E-state index is 0.614. The van der Waals surface area contributed by atoms with Crippen LogP contribution in [0.5, 0.6) is 0 Å². The number of nitrogens with zero attached hydrogens (tertiary/aromatic N) is 1. The molecule has 0 aliphatic rings. The molecular formula is C17H19Cl2N. The Morgan fingerprint density at radius 2 is 1.25 bits per heavy atom. The first-order valence-corrected chi connectivity index (χ1v) is 7.90. The number of halogens is 2. The second kappa shape index (κ2) is 8.18. The largest absolute Gasteiger partial charge is 0.369 e. The summed E-state index contributed by atoms with van der Waals surface area (Å²) in [4.78, 5) is 2.21. The normalized spacial score (nSPS) is 10.5. The number of benzene rings is 2. The molecular weight excluding hydrogens is 289 g/mol. The van der Waals surface area contributed by atoms with Gasteiger partial charge in [-0.1, -0.05) is 42.5 Å². The van der Waals surface area contributed by atoms with Gasteiger partial charge in [-0.05, 0) is 29.7 Å². The van der Waals surface area contributed by atoms with Crippen LogP contribution in [0.15, 0.2) is 54.6 Å². The van der Waals surface area contributed by atoms with Crippen LogP contribution in [0, 0.1) is 0 Å². The van der Waals surface area contributed by atoms with E-state index in [0.717, 1.165) is 19.5 Å². The second-order valence-corrected chi connectivity index (χ2v) is 5.45. The molecule has 0 amide bonds. The van der Waals surface area contributed by atoms with Gasteiger partial charge >= 0.3 is 0 Å². The van der Waals surface area contributed by atoms with Crippen molar-refractivity contribution < 1.29 is 0 Å². The Bertz CT molecular complexity index is 490. The zero-order valence-corrected chi connectivity index (χ0v) is 12.9. The molecule has 0 aliphatic heterocycles. The van der Waals surface area contributed by atoms with Crippen LogP contribution in [0.3, 0.4) is 0 Å². The van der Waals surface area contributed by atoms with Gasteiger partial charge in [-0.3, -0.25) is 0 Å². The molecule has 0 unspecified atom stereocenters. The lowest BCUT2D eigenvalue weighted by Gasteiger charge is -2.23. The summed E-state index contributed by atoms with van der Waals surface area (Å²) in [5, 5.41) is 0. The van der Waals surface area contributed by atoms with E-state index in [1.165, 1.54) is 16.8 Å². The van der Waals surface area contributed by atoms with Crippen LogP contribution in [0.1, 0.15) is 11.1 Å². The van der Waals surface area contributed by atoms with Crippen LogP contribution in [-0.4, -0.2) is 24.8 Å². The lowest BCUT2D eigenvalue weighted by atomic mass is 10.0. The Labute approximate surface area is 131 Å². The molecule has 1 nitrogen and oxygen atoms in total. The highest BCUT2D eigenvalue weighted by molar-refractivity contribution is 6.18. The van der Waals surface area contributed by atoms with Crippen LogP contribution in [0.25, 0.3) is 0 Å². The van der Waals surface area contributed by atoms with Crippen molar-refractivity contribution >= 4 is 28.9 Å². The predicted octanol–water partition coefficient (Wildman–Crippen LogP) is 4.56. The molecule has 0 saturated heterocycles. The van der Waals surface area contributed by atoms with Crippen LogP contribution in [0.2, 0.25) is 0 Å². The third kappa shape index (κ3) is 4.43. The molecule has 106 valence electrons. The molecule has 0 N–H and O–H groups in total. The first-order valence-electron chi connectivity index (χ1n) is 6.83. The standard InChI is InChI=1S/C17H19Cl2N/c18-10-12-20(13-11-19)17-8-6-16(7-9-17)14-15-4-2-1-3-5-15/h1-9H,10-14H2. The van der Waals surface area contributed by atoms with E-state index in [1.54, 1.807) is 0 Å². The third-order valence-electron chi connectivity index (χ3n) is 3.26. The van der Waals surface area contributed by atoms with Crippen molar-refractivity contribution in [2.24, 2.45) is 0 Å². The summed E-state index contributed by atoms with van der Waals surface area (Å²) < 4.78 is 0. The molecule has 3 heteroatoms. The maximum absolute atomic E-state index is 5.84. The third-order valence-corrected chi connectivity index (χ3v) is 3.60. The maximum atomic E-state index is 5.84. The van der Waals surface area contributed by atoms with E-state index < -0.39 is 0 Å². The maximum Gasteiger partial charge on any atom is 0.0399 e. The van der Waals surface area contributed by atoms with E-state index in [9.17, 15) is 0 Å². The molecule has 2 aromatic rings. The second-order valence-electron chi connectivity index (χ2n) is 4.69. The molecule has 0 radical (unpaired) electrons. The van der Waals surface area contributed by atoms with Gasteiger partial charge in [0.2, 0.25) is 0 Å². The zero-order chi connectivity index (χ0) is 14.2. The first kappa shape index (κ1) is 15.2. The van der Waals surface area contributed by atoms with Gasteiger partial charge in [-0.2, -0.15) is 0 Å². The van der Waals surface area contributed by atoms with Gasteiger partial charge in [0.05, 0.1) is 0 Å². The van der Waals surface area contributed by atoms with Gasteiger partial charge in [-0.25, -0.2) is 0 Å². The zero-order valence-electron chi connectivity index (χ0n) is 11.4. The number of alkyl halides is 2. The molecule has 20 heavy (non-hydrogen) atoms. The van der Waals surface area contributed by atoms with E-state index in [0.29, 0.717) is 11.8 Å². The van der Waals surface area contributed by atoms with E-state index in [1.807, 2.05) is 6.07 Å². The fourth-order valence-corrected chi connectivity index (χ4v) is 2.64. The molecule has 0 fully saturated rings. The topological polar surface area (TPSA) is 3.24 Å². The van der Waals surface area contributed by atoms with Crippen LogP contribution >= 0.6 is 23.2 Å². The summed E-state index contributed by atoms with van der Waals surface area (Å²) in [6.07, 6.45) is 0.964. The van der Waals surface area contributed by atoms with E-state index >= 15 is 0 Å². The summed E-state index contributed by atoms with van der Waals surface area (Å²) >= 11 is 11.7. The van der Waals surface area contributed by atoms with Crippen molar-refractivity contribution in [1.29, 1.82) is 0 Å². The highest BCUT2D eigenvalue weighted by atomic mass is 35.5. The van der Waals surface area contributed by atoms with Crippen molar-refractivity contribution in [3.63, 3.8) is 0 Å².